The van der Waals surface area contributed by atoms with E-state index in [0.29, 0.717) is 10.0 Å². The predicted octanol–water partition coefficient (Wildman–Crippen LogP) is 2.22. The van der Waals surface area contributed by atoms with E-state index in [-0.39, 0.29) is 23.0 Å². The molecule has 19 heavy (non-hydrogen) atoms. The van der Waals surface area contributed by atoms with E-state index < -0.39 is 16.0 Å². The molecule has 0 fully saturated rings. The number of hydrogen-bond acceptors (Lipinski definition) is 4. The SMILES string of the molecule is Cc1c(C(=O)OCC(C)C)cc(Br)cc1S(N)(=O)=O. The third kappa shape index (κ3) is 4.29. The Kier molecular flexibility index (Phi) is 5.11. The second-order valence-corrected chi connectivity index (χ2v) is 7.06. The van der Waals surface area contributed by atoms with Gasteiger partial charge in [-0.3, -0.25) is 0 Å². The average Bonchev–Trinajstić information content (AvgIpc) is 2.27. The molecule has 106 valence electrons. The van der Waals surface area contributed by atoms with Crippen molar-refractivity contribution in [2.75, 3.05) is 6.61 Å². The molecule has 2 N–H and O–H groups in total. The normalized spacial score (nSPS) is 11.7. The van der Waals surface area contributed by atoms with Crippen molar-refractivity contribution < 1.29 is 17.9 Å². The molecule has 1 aromatic carbocycles. The van der Waals surface area contributed by atoms with Crippen molar-refractivity contribution in [3.05, 3.63) is 27.7 Å². The van der Waals surface area contributed by atoms with Crippen molar-refractivity contribution in [3.8, 4) is 0 Å². The van der Waals surface area contributed by atoms with E-state index >= 15 is 0 Å². The smallest absolute Gasteiger partial charge is 0.338 e. The molecular formula is C12H16BrNO4S. The maximum absolute atomic E-state index is 11.9. The van der Waals surface area contributed by atoms with Crippen molar-refractivity contribution in [1.82, 2.24) is 0 Å². The molecule has 7 heteroatoms. The Bertz CT molecular complexity index is 596. The highest BCUT2D eigenvalue weighted by Gasteiger charge is 2.20. The number of esters is 1. The number of hydrogen-bond donors (Lipinski definition) is 1. The maximum Gasteiger partial charge on any atom is 0.338 e. The zero-order valence-electron chi connectivity index (χ0n) is 10.9. The second-order valence-electron chi connectivity index (χ2n) is 4.61. The summed E-state index contributed by atoms with van der Waals surface area (Å²) in [5.74, 6) is -0.355. The van der Waals surface area contributed by atoms with Crippen molar-refractivity contribution >= 4 is 31.9 Å². The van der Waals surface area contributed by atoms with Gasteiger partial charge in [0.05, 0.1) is 17.1 Å². The monoisotopic (exact) mass is 349 g/mol. The molecule has 0 aliphatic rings. The van der Waals surface area contributed by atoms with E-state index in [1.54, 1.807) is 0 Å². The summed E-state index contributed by atoms with van der Waals surface area (Å²) in [7, 11) is -3.88. The molecule has 0 atom stereocenters. The van der Waals surface area contributed by atoms with Crippen LogP contribution in [0.5, 0.6) is 0 Å². The van der Waals surface area contributed by atoms with Crippen molar-refractivity contribution in [2.45, 2.75) is 25.7 Å². The van der Waals surface area contributed by atoms with Gasteiger partial charge in [0.15, 0.2) is 0 Å². The van der Waals surface area contributed by atoms with Crippen LogP contribution in [0, 0.1) is 12.8 Å². The molecule has 0 unspecified atom stereocenters. The molecule has 0 aliphatic carbocycles. The highest BCUT2D eigenvalue weighted by atomic mass is 79.9. The second kappa shape index (κ2) is 6.02. The third-order valence-electron chi connectivity index (χ3n) is 2.40. The van der Waals surface area contributed by atoms with Gasteiger partial charge < -0.3 is 4.74 Å². The van der Waals surface area contributed by atoms with E-state index in [9.17, 15) is 13.2 Å². The van der Waals surface area contributed by atoms with Gasteiger partial charge in [-0.15, -0.1) is 0 Å². The molecule has 0 spiro atoms. The third-order valence-corrected chi connectivity index (χ3v) is 3.89. The summed E-state index contributed by atoms with van der Waals surface area (Å²) < 4.78 is 28.5. The molecule has 1 aromatic rings. The minimum absolute atomic E-state index is 0.0848. The lowest BCUT2D eigenvalue weighted by Crippen LogP contribution is -2.17. The van der Waals surface area contributed by atoms with Crippen LogP contribution in [0.25, 0.3) is 0 Å². The Hall–Kier alpha value is -0.920. The minimum atomic E-state index is -3.88. The van der Waals surface area contributed by atoms with Crippen LogP contribution in [0.3, 0.4) is 0 Å². The number of carbonyl (C=O) groups excluding carboxylic acids is 1. The molecule has 0 aromatic heterocycles. The summed E-state index contributed by atoms with van der Waals surface area (Å²) in [6.45, 7) is 5.63. The van der Waals surface area contributed by atoms with Crippen LogP contribution in [0.4, 0.5) is 0 Å². The first kappa shape index (κ1) is 16.1. The molecule has 0 aliphatic heterocycles. The summed E-state index contributed by atoms with van der Waals surface area (Å²) in [4.78, 5) is 11.8. The highest BCUT2D eigenvalue weighted by molar-refractivity contribution is 9.10. The fourth-order valence-electron chi connectivity index (χ4n) is 1.48. The molecule has 0 radical (unpaired) electrons. The van der Waals surface area contributed by atoms with Crippen LogP contribution in [-0.2, 0) is 14.8 Å². The molecule has 5 nitrogen and oxygen atoms in total. The Balaban J connectivity index is 3.22. The average molecular weight is 350 g/mol. The van der Waals surface area contributed by atoms with E-state index in [2.05, 4.69) is 15.9 Å². The Morgan fingerprint density at radius 1 is 1.42 bits per heavy atom. The molecular weight excluding hydrogens is 334 g/mol. The minimum Gasteiger partial charge on any atom is -0.462 e. The van der Waals surface area contributed by atoms with Gasteiger partial charge in [-0.05, 0) is 30.5 Å². The molecule has 0 saturated carbocycles. The Morgan fingerprint density at radius 2 is 2.00 bits per heavy atom. The summed E-state index contributed by atoms with van der Waals surface area (Å²) >= 11 is 3.16. The molecule has 0 bridgehead atoms. The topological polar surface area (TPSA) is 86.5 Å². The summed E-state index contributed by atoms with van der Waals surface area (Å²) in [6, 6.07) is 2.89. The van der Waals surface area contributed by atoms with Crippen LogP contribution in [0.2, 0.25) is 0 Å². The van der Waals surface area contributed by atoms with E-state index in [1.165, 1.54) is 19.1 Å². The van der Waals surface area contributed by atoms with E-state index in [4.69, 9.17) is 9.88 Å². The van der Waals surface area contributed by atoms with Crippen LogP contribution in [0.15, 0.2) is 21.5 Å². The van der Waals surface area contributed by atoms with Crippen molar-refractivity contribution in [3.63, 3.8) is 0 Å². The van der Waals surface area contributed by atoms with E-state index in [1.807, 2.05) is 13.8 Å². The van der Waals surface area contributed by atoms with Crippen molar-refractivity contribution in [2.24, 2.45) is 11.1 Å². The number of nitrogens with two attached hydrogens (primary N) is 1. The number of rotatable bonds is 4. The zero-order valence-corrected chi connectivity index (χ0v) is 13.3. The predicted molar refractivity (Wildman–Crippen MR) is 75.4 cm³/mol. The fourth-order valence-corrected chi connectivity index (χ4v) is 2.92. The highest BCUT2D eigenvalue weighted by Crippen LogP contribution is 2.24. The van der Waals surface area contributed by atoms with Gasteiger partial charge in [-0.25, -0.2) is 18.4 Å². The maximum atomic E-state index is 11.9. The van der Waals surface area contributed by atoms with Gasteiger partial charge in [0, 0.05) is 4.47 Å². The zero-order chi connectivity index (χ0) is 14.8. The molecule has 0 amide bonds. The largest absolute Gasteiger partial charge is 0.462 e. The number of sulfonamides is 1. The first-order valence-corrected chi connectivity index (χ1v) is 7.97. The number of carbonyl (C=O) groups is 1. The lowest BCUT2D eigenvalue weighted by molar-refractivity contribution is 0.0457. The van der Waals surface area contributed by atoms with E-state index in [0.717, 1.165) is 0 Å². The van der Waals surface area contributed by atoms with Gasteiger partial charge in [-0.2, -0.15) is 0 Å². The van der Waals surface area contributed by atoms with Gasteiger partial charge in [-0.1, -0.05) is 29.8 Å². The van der Waals surface area contributed by atoms with Gasteiger partial charge in [0.1, 0.15) is 0 Å². The quantitative estimate of drug-likeness (QED) is 0.844. The standard InChI is InChI=1S/C12H16BrNO4S/c1-7(2)6-18-12(15)10-4-9(13)5-11(8(10)3)19(14,16)17/h4-5,7H,6H2,1-3H3,(H2,14,16,17). The lowest BCUT2D eigenvalue weighted by atomic mass is 10.1. The summed E-state index contributed by atoms with van der Waals surface area (Å²) in [5, 5.41) is 5.12. The Morgan fingerprint density at radius 3 is 2.47 bits per heavy atom. The molecule has 1 rings (SSSR count). The number of benzene rings is 1. The lowest BCUT2D eigenvalue weighted by Gasteiger charge is -2.12. The first-order valence-electron chi connectivity index (χ1n) is 5.63. The van der Waals surface area contributed by atoms with Gasteiger partial charge >= 0.3 is 5.97 Å². The number of halogens is 1. The number of primary sulfonamides is 1. The summed E-state index contributed by atoms with van der Waals surface area (Å²) in [5.41, 5.74) is 0.485. The first-order chi connectivity index (χ1) is 8.62. The Labute approximate surface area is 121 Å². The molecule has 0 heterocycles. The molecule has 0 saturated heterocycles. The van der Waals surface area contributed by atoms with Crippen molar-refractivity contribution in [1.29, 1.82) is 0 Å². The van der Waals surface area contributed by atoms with Gasteiger partial charge in [0.2, 0.25) is 10.0 Å². The summed E-state index contributed by atoms with van der Waals surface area (Å²) in [6.07, 6.45) is 0. The van der Waals surface area contributed by atoms with Crippen LogP contribution in [0.1, 0.15) is 29.8 Å². The van der Waals surface area contributed by atoms with Crippen LogP contribution in [-0.4, -0.2) is 21.0 Å². The fraction of sp³-hybridized carbons (Fsp3) is 0.417. The number of ether oxygens (including phenoxy) is 1. The van der Waals surface area contributed by atoms with Crippen LogP contribution < -0.4 is 5.14 Å². The van der Waals surface area contributed by atoms with Gasteiger partial charge in [0.25, 0.3) is 0 Å². The van der Waals surface area contributed by atoms with Crippen LogP contribution >= 0.6 is 15.9 Å².